The van der Waals surface area contributed by atoms with Crippen LogP contribution in [0.25, 0.3) is 0 Å². The van der Waals surface area contributed by atoms with Crippen molar-refractivity contribution < 1.29 is 18.6 Å². The molecule has 1 atom stereocenters. The van der Waals surface area contributed by atoms with Crippen molar-refractivity contribution in [2.24, 2.45) is 0 Å². The molecule has 3 nitrogen and oxygen atoms in total. The van der Waals surface area contributed by atoms with E-state index in [2.05, 4.69) is 0 Å². The normalized spacial score (nSPS) is 11.9. The number of hydrogen-bond donors (Lipinski definition) is 0. The minimum Gasteiger partial charge on any atom is -0.497 e. The zero-order chi connectivity index (χ0) is 15.4. The molecule has 0 N–H and O–H groups in total. The molecule has 0 aliphatic rings. The Kier molecular flexibility index (Phi) is 4.91. The highest BCUT2D eigenvalue weighted by molar-refractivity contribution is 6.22. The van der Waals surface area contributed by atoms with E-state index in [0.29, 0.717) is 22.6 Å². The second-order valence-electron chi connectivity index (χ2n) is 4.36. The van der Waals surface area contributed by atoms with Crippen LogP contribution in [0.3, 0.4) is 0 Å². The summed E-state index contributed by atoms with van der Waals surface area (Å²) in [5, 5.41) is -0.560. The summed E-state index contributed by atoms with van der Waals surface area (Å²) in [6.45, 7) is 0. The Morgan fingerprint density at radius 1 is 0.905 bits per heavy atom. The van der Waals surface area contributed by atoms with Gasteiger partial charge in [0.2, 0.25) is 0 Å². The molecule has 2 rings (SSSR count). The van der Waals surface area contributed by atoms with E-state index in [1.165, 1.54) is 13.2 Å². The largest absolute Gasteiger partial charge is 0.497 e. The van der Waals surface area contributed by atoms with Gasteiger partial charge in [-0.15, -0.1) is 11.6 Å². The Balaban J connectivity index is 2.43. The molecule has 0 bridgehead atoms. The number of methoxy groups -OCH3 is 3. The van der Waals surface area contributed by atoms with Crippen LogP contribution >= 0.6 is 11.6 Å². The fourth-order valence-corrected chi connectivity index (χ4v) is 2.36. The zero-order valence-corrected chi connectivity index (χ0v) is 12.8. The van der Waals surface area contributed by atoms with E-state index >= 15 is 0 Å². The third kappa shape index (κ3) is 3.22. The summed E-state index contributed by atoms with van der Waals surface area (Å²) in [4.78, 5) is 0. The molecule has 5 heteroatoms. The van der Waals surface area contributed by atoms with Gasteiger partial charge in [0.05, 0.1) is 26.7 Å². The minimum atomic E-state index is -0.560. The van der Waals surface area contributed by atoms with Crippen LogP contribution in [-0.2, 0) is 0 Å². The van der Waals surface area contributed by atoms with Crippen LogP contribution in [0.4, 0.5) is 4.39 Å². The van der Waals surface area contributed by atoms with E-state index in [1.54, 1.807) is 44.6 Å². The average molecular weight is 311 g/mol. The van der Waals surface area contributed by atoms with E-state index in [-0.39, 0.29) is 5.75 Å². The van der Waals surface area contributed by atoms with Crippen LogP contribution < -0.4 is 14.2 Å². The summed E-state index contributed by atoms with van der Waals surface area (Å²) in [5.74, 6) is 1.00. The minimum absolute atomic E-state index is 0.181. The maximum absolute atomic E-state index is 13.8. The first-order chi connectivity index (χ1) is 10.1. The molecule has 2 aromatic carbocycles. The Morgan fingerprint density at radius 3 is 2.14 bits per heavy atom. The van der Waals surface area contributed by atoms with Crippen molar-refractivity contribution in [2.75, 3.05) is 21.3 Å². The van der Waals surface area contributed by atoms with Crippen LogP contribution in [-0.4, -0.2) is 21.3 Å². The number of rotatable bonds is 5. The van der Waals surface area contributed by atoms with Gasteiger partial charge in [-0.3, -0.25) is 0 Å². The lowest BCUT2D eigenvalue weighted by molar-refractivity contribution is 0.386. The second kappa shape index (κ2) is 6.68. The molecule has 0 saturated carbocycles. The second-order valence-corrected chi connectivity index (χ2v) is 4.80. The fourth-order valence-electron chi connectivity index (χ4n) is 2.06. The van der Waals surface area contributed by atoms with Crippen LogP contribution in [0, 0.1) is 5.82 Å². The van der Waals surface area contributed by atoms with Crippen LogP contribution in [0.5, 0.6) is 17.2 Å². The smallest absolute Gasteiger partial charge is 0.165 e. The molecular weight excluding hydrogens is 295 g/mol. The predicted molar refractivity (Wildman–Crippen MR) is 80.2 cm³/mol. The molecule has 0 spiro atoms. The van der Waals surface area contributed by atoms with Crippen molar-refractivity contribution in [3.05, 3.63) is 53.3 Å². The van der Waals surface area contributed by atoms with Gasteiger partial charge in [0.15, 0.2) is 11.6 Å². The number of benzene rings is 2. The Morgan fingerprint density at radius 2 is 1.57 bits per heavy atom. The van der Waals surface area contributed by atoms with Gasteiger partial charge in [-0.05, 0) is 35.9 Å². The van der Waals surface area contributed by atoms with Crippen LogP contribution in [0.15, 0.2) is 36.4 Å². The first-order valence-electron chi connectivity index (χ1n) is 6.30. The van der Waals surface area contributed by atoms with Gasteiger partial charge in [-0.2, -0.15) is 0 Å². The highest BCUT2D eigenvalue weighted by Crippen LogP contribution is 2.38. The molecular formula is C16H16ClFO3. The number of ether oxygens (including phenoxy) is 3. The van der Waals surface area contributed by atoms with E-state index in [4.69, 9.17) is 25.8 Å². The van der Waals surface area contributed by atoms with E-state index < -0.39 is 11.2 Å². The molecule has 112 valence electrons. The Labute approximate surface area is 128 Å². The van der Waals surface area contributed by atoms with E-state index in [1.807, 2.05) is 0 Å². The van der Waals surface area contributed by atoms with Gasteiger partial charge in [-0.25, -0.2) is 4.39 Å². The molecule has 0 heterocycles. The Bertz CT molecular complexity index is 631. The van der Waals surface area contributed by atoms with Gasteiger partial charge >= 0.3 is 0 Å². The maximum atomic E-state index is 13.8. The topological polar surface area (TPSA) is 27.7 Å². The summed E-state index contributed by atoms with van der Waals surface area (Å²) < 4.78 is 29.2. The van der Waals surface area contributed by atoms with Crippen molar-refractivity contribution in [2.45, 2.75) is 5.38 Å². The lowest BCUT2D eigenvalue weighted by atomic mass is 10.0. The van der Waals surface area contributed by atoms with Crippen LogP contribution in [0.2, 0.25) is 0 Å². The molecule has 0 aliphatic carbocycles. The van der Waals surface area contributed by atoms with Crippen molar-refractivity contribution in [3.8, 4) is 17.2 Å². The van der Waals surface area contributed by atoms with Gasteiger partial charge in [-0.1, -0.05) is 6.07 Å². The van der Waals surface area contributed by atoms with Crippen LogP contribution in [0.1, 0.15) is 16.5 Å². The lowest BCUT2D eigenvalue weighted by Crippen LogP contribution is -2.00. The highest BCUT2D eigenvalue weighted by atomic mass is 35.5. The first kappa shape index (κ1) is 15.4. The zero-order valence-electron chi connectivity index (χ0n) is 12.0. The highest BCUT2D eigenvalue weighted by Gasteiger charge is 2.18. The molecule has 0 fully saturated rings. The first-order valence-corrected chi connectivity index (χ1v) is 6.73. The summed E-state index contributed by atoms with van der Waals surface area (Å²) in [6.07, 6.45) is 0. The molecule has 0 radical (unpaired) electrons. The summed E-state index contributed by atoms with van der Waals surface area (Å²) in [5.41, 5.74) is 1.32. The van der Waals surface area contributed by atoms with Gasteiger partial charge in [0.1, 0.15) is 11.5 Å². The molecule has 0 aromatic heterocycles. The summed E-state index contributed by atoms with van der Waals surface area (Å²) in [6, 6.07) is 9.95. The maximum Gasteiger partial charge on any atom is 0.165 e. The number of halogens is 2. The van der Waals surface area contributed by atoms with Gasteiger partial charge in [0, 0.05) is 5.56 Å². The van der Waals surface area contributed by atoms with Crippen molar-refractivity contribution in [1.82, 2.24) is 0 Å². The molecule has 0 amide bonds. The number of alkyl halides is 1. The Hall–Kier alpha value is -1.94. The molecule has 2 aromatic rings. The van der Waals surface area contributed by atoms with Crippen molar-refractivity contribution in [1.29, 1.82) is 0 Å². The molecule has 0 aliphatic heterocycles. The molecule has 0 saturated heterocycles. The third-order valence-corrected chi connectivity index (χ3v) is 3.67. The fraction of sp³-hybridized carbons (Fsp3) is 0.250. The monoisotopic (exact) mass is 310 g/mol. The van der Waals surface area contributed by atoms with E-state index in [9.17, 15) is 4.39 Å². The van der Waals surface area contributed by atoms with Crippen molar-refractivity contribution >= 4 is 11.6 Å². The lowest BCUT2D eigenvalue weighted by Gasteiger charge is -2.16. The quantitative estimate of drug-likeness (QED) is 0.775. The number of hydrogen-bond acceptors (Lipinski definition) is 3. The van der Waals surface area contributed by atoms with Gasteiger partial charge < -0.3 is 14.2 Å². The summed E-state index contributed by atoms with van der Waals surface area (Å²) >= 11 is 6.47. The van der Waals surface area contributed by atoms with Crippen molar-refractivity contribution in [3.63, 3.8) is 0 Å². The molecule has 1 unspecified atom stereocenters. The van der Waals surface area contributed by atoms with E-state index in [0.717, 1.165) is 0 Å². The molecule has 21 heavy (non-hydrogen) atoms. The third-order valence-electron chi connectivity index (χ3n) is 3.18. The SMILES string of the molecule is COc1ccc(OC)c(C(Cl)c2ccc(OC)c(F)c2)c1. The summed E-state index contributed by atoms with van der Waals surface area (Å²) in [7, 11) is 4.55. The standard InChI is InChI=1S/C16H16ClFO3/c1-19-11-5-7-14(20-2)12(9-11)16(17)10-4-6-15(21-3)13(18)8-10/h4-9,16H,1-3H3. The average Bonchev–Trinajstić information content (AvgIpc) is 2.53. The predicted octanol–water partition coefficient (Wildman–Crippen LogP) is 4.18. The van der Waals surface area contributed by atoms with Gasteiger partial charge in [0.25, 0.3) is 0 Å².